The summed E-state index contributed by atoms with van der Waals surface area (Å²) in [5.41, 5.74) is 1.41. The summed E-state index contributed by atoms with van der Waals surface area (Å²) in [5.74, 6) is 0.773. The van der Waals surface area contributed by atoms with Gasteiger partial charge in [-0.05, 0) is 24.1 Å². The molecule has 80 valence electrons. The van der Waals surface area contributed by atoms with Gasteiger partial charge in [0, 0.05) is 22.9 Å². The molecule has 1 aromatic carbocycles. The first-order valence-corrected chi connectivity index (χ1v) is 5.89. The van der Waals surface area contributed by atoms with E-state index in [2.05, 4.69) is 12.2 Å². The number of thioether (sulfide) groups is 1. The highest BCUT2D eigenvalue weighted by atomic mass is 32.2. The normalized spacial score (nSPS) is 19.9. The Balaban J connectivity index is 2.32. The molecule has 1 unspecified atom stereocenters. The SMILES string of the molecule is CC1CNc2ccc(C(=O)O)cc2SC1. The maximum Gasteiger partial charge on any atom is 0.335 e. The largest absolute Gasteiger partial charge is 0.478 e. The Morgan fingerprint density at radius 2 is 2.40 bits per heavy atom. The van der Waals surface area contributed by atoms with Gasteiger partial charge in [0.1, 0.15) is 0 Å². The highest BCUT2D eigenvalue weighted by Crippen LogP contribution is 2.32. The van der Waals surface area contributed by atoms with Crippen molar-refractivity contribution in [2.75, 3.05) is 17.6 Å². The van der Waals surface area contributed by atoms with Gasteiger partial charge >= 0.3 is 5.97 Å². The van der Waals surface area contributed by atoms with E-state index in [4.69, 9.17) is 5.11 Å². The van der Waals surface area contributed by atoms with Crippen molar-refractivity contribution < 1.29 is 9.90 Å². The van der Waals surface area contributed by atoms with Crippen molar-refractivity contribution in [3.05, 3.63) is 23.8 Å². The average Bonchev–Trinajstić information content (AvgIpc) is 2.40. The Bertz CT molecular complexity index is 392. The Hall–Kier alpha value is -1.16. The van der Waals surface area contributed by atoms with E-state index in [-0.39, 0.29) is 0 Å². The summed E-state index contributed by atoms with van der Waals surface area (Å²) in [6.45, 7) is 3.14. The van der Waals surface area contributed by atoms with Gasteiger partial charge in [0.2, 0.25) is 0 Å². The lowest BCUT2D eigenvalue weighted by Crippen LogP contribution is -2.10. The minimum absolute atomic E-state index is 0.359. The van der Waals surface area contributed by atoms with Gasteiger partial charge in [-0.25, -0.2) is 4.79 Å². The van der Waals surface area contributed by atoms with Crippen molar-refractivity contribution in [2.45, 2.75) is 11.8 Å². The van der Waals surface area contributed by atoms with Crippen LogP contribution >= 0.6 is 11.8 Å². The minimum atomic E-state index is -0.865. The first kappa shape index (κ1) is 10.4. The van der Waals surface area contributed by atoms with Crippen LogP contribution in [0, 0.1) is 5.92 Å². The molecule has 1 aliphatic rings. The van der Waals surface area contributed by atoms with E-state index in [0.29, 0.717) is 11.5 Å². The number of hydrogen-bond acceptors (Lipinski definition) is 3. The molecule has 0 fully saturated rings. The number of carboxylic acids is 1. The third-order valence-electron chi connectivity index (χ3n) is 2.39. The molecule has 0 radical (unpaired) electrons. The predicted molar refractivity (Wildman–Crippen MR) is 61.8 cm³/mol. The molecule has 0 aromatic heterocycles. The quantitative estimate of drug-likeness (QED) is 0.768. The number of carbonyl (C=O) groups is 1. The summed E-state index contributed by atoms with van der Waals surface area (Å²) in [5, 5.41) is 12.2. The Morgan fingerprint density at radius 3 is 3.13 bits per heavy atom. The Labute approximate surface area is 92.9 Å². The molecule has 1 atom stereocenters. The van der Waals surface area contributed by atoms with Crippen molar-refractivity contribution in [1.82, 2.24) is 0 Å². The van der Waals surface area contributed by atoms with Crippen molar-refractivity contribution in [1.29, 1.82) is 0 Å². The van der Waals surface area contributed by atoms with Gasteiger partial charge in [-0.1, -0.05) is 6.92 Å². The van der Waals surface area contributed by atoms with Crippen LogP contribution in [0.15, 0.2) is 23.1 Å². The van der Waals surface area contributed by atoms with Crippen LogP contribution in [0.4, 0.5) is 5.69 Å². The maximum atomic E-state index is 10.8. The lowest BCUT2D eigenvalue weighted by atomic mass is 10.2. The van der Waals surface area contributed by atoms with Crippen LogP contribution in [-0.2, 0) is 0 Å². The second-order valence-corrected chi connectivity index (χ2v) is 4.88. The molecule has 0 saturated carbocycles. The molecule has 15 heavy (non-hydrogen) atoms. The molecule has 3 nitrogen and oxygen atoms in total. The second kappa shape index (κ2) is 4.14. The van der Waals surface area contributed by atoms with Crippen LogP contribution < -0.4 is 5.32 Å². The zero-order valence-corrected chi connectivity index (χ0v) is 9.30. The molecule has 2 N–H and O–H groups in total. The molecule has 0 bridgehead atoms. The number of nitrogens with one attached hydrogen (secondary N) is 1. The van der Waals surface area contributed by atoms with E-state index >= 15 is 0 Å². The van der Waals surface area contributed by atoms with Crippen LogP contribution in [0.2, 0.25) is 0 Å². The topological polar surface area (TPSA) is 49.3 Å². The second-order valence-electron chi connectivity index (χ2n) is 3.81. The number of fused-ring (bicyclic) bond motifs is 1. The lowest BCUT2D eigenvalue weighted by Gasteiger charge is -2.07. The Kier molecular flexibility index (Phi) is 2.86. The van der Waals surface area contributed by atoms with Gasteiger partial charge in [-0.2, -0.15) is 0 Å². The number of carboxylic acid groups (broad SMARTS) is 1. The molecule has 0 aliphatic carbocycles. The van der Waals surface area contributed by atoms with E-state index in [1.165, 1.54) is 0 Å². The highest BCUT2D eigenvalue weighted by Gasteiger charge is 2.14. The number of anilines is 1. The zero-order chi connectivity index (χ0) is 10.8. The molecular weight excluding hydrogens is 210 g/mol. The van der Waals surface area contributed by atoms with Crippen molar-refractivity contribution >= 4 is 23.4 Å². The summed E-state index contributed by atoms with van der Waals surface area (Å²) >= 11 is 1.72. The molecule has 0 amide bonds. The molecule has 1 aromatic rings. The van der Waals surface area contributed by atoms with Crippen molar-refractivity contribution in [3.63, 3.8) is 0 Å². The van der Waals surface area contributed by atoms with E-state index in [1.54, 1.807) is 23.9 Å². The number of aromatic carboxylic acids is 1. The van der Waals surface area contributed by atoms with Gasteiger partial charge in [-0.15, -0.1) is 11.8 Å². The molecule has 4 heteroatoms. The first-order valence-electron chi connectivity index (χ1n) is 4.91. The smallest absolute Gasteiger partial charge is 0.335 e. The first-order chi connectivity index (χ1) is 7.16. The van der Waals surface area contributed by atoms with Gasteiger partial charge in [0.05, 0.1) is 5.56 Å². The summed E-state index contributed by atoms with van der Waals surface area (Å²) < 4.78 is 0. The third-order valence-corrected chi connectivity index (χ3v) is 3.78. The fraction of sp³-hybridized carbons (Fsp3) is 0.364. The standard InChI is InChI=1S/C11H13NO2S/c1-7-5-12-9-3-2-8(11(13)14)4-10(9)15-6-7/h2-4,7,12H,5-6H2,1H3,(H,13,14). The fourth-order valence-corrected chi connectivity index (χ4v) is 2.58. The molecular formula is C11H13NO2S. The van der Waals surface area contributed by atoms with E-state index in [0.717, 1.165) is 22.9 Å². The lowest BCUT2D eigenvalue weighted by molar-refractivity contribution is 0.0696. The summed E-state index contributed by atoms with van der Waals surface area (Å²) in [6.07, 6.45) is 0. The highest BCUT2D eigenvalue weighted by molar-refractivity contribution is 7.99. The van der Waals surface area contributed by atoms with Gasteiger partial charge < -0.3 is 10.4 Å². The van der Waals surface area contributed by atoms with Crippen molar-refractivity contribution in [3.8, 4) is 0 Å². The van der Waals surface area contributed by atoms with Crippen LogP contribution in [0.25, 0.3) is 0 Å². The van der Waals surface area contributed by atoms with E-state index in [9.17, 15) is 4.79 Å². The van der Waals surface area contributed by atoms with Crippen LogP contribution in [0.5, 0.6) is 0 Å². The van der Waals surface area contributed by atoms with Crippen LogP contribution in [-0.4, -0.2) is 23.4 Å². The number of benzene rings is 1. The fourth-order valence-electron chi connectivity index (χ4n) is 1.50. The van der Waals surface area contributed by atoms with E-state index in [1.807, 2.05) is 6.07 Å². The third kappa shape index (κ3) is 2.26. The van der Waals surface area contributed by atoms with Gasteiger partial charge in [-0.3, -0.25) is 0 Å². The zero-order valence-electron chi connectivity index (χ0n) is 8.49. The number of rotatable bonds is 1. The predicted octanol–water partition coefficient (Wildman–Crippen LogP) is 2.54. The molecule has 1 aliphatic heterocycles. The molecule has 1 heterocycles. The summed E-state index contributed by atoms with van der Waals surface area (Å²) in [7, 11) is 0. The van der Waals surface area contributed by atoms with Crippen LogP contribution in [0.3, 0.4) is 0 Å². The van der Waals surface area contributed by atoms with Crippen LogP contribution in [0.1, 0.15) is 17.3 Å². The summed E-state index contributed by atoms with van der Waals surface area (Å²) in [6, 6.07) is 5.24. The van der Waals surface area contributed by atoms with Crippen molar-refractivity contribution in [2.24, 2.45) is 5.92 Å². The Morgan fingerprint density at radius 1 is 1.60 bits per heavy atom. The van der Waals surface area contributed by atoms with E-state index < -0.39 is 5.97 Å². The molecule has 0 spiro atoms. The molecule has 0 saturated heterocycles. The maximum absolute atomic E-state index is 10.8. The number of hydrogen-bond donors (Lipinski definition) is 2. The van der Waals surface area contributed by atoms with Gasteiger partial charge in [0.15, 0.2) is 0 Å². The average molecular weight is 223 g/mol. The molecule has 2 rings (SSSR count). The minimum Gasteiger partial charge on any atom is -0.478 e. The van der Waals surface area contributed by atoms with Gasteiger partial charge in [0.25, 0.3) is 0 Å². The monoisotopic (exact) mass is 223 g/mol. The summed E-state index contributed by atoms with van der Waals surface area (Å²) in [4.78, 5) is 11.8.